The molecule has 30 heavy (non-hydrogen) atoms. The summed E-state index contributed by atoms with van der Waals surface area (Å²) in [7, 11) is 0. The number of rotatable bonds is 2. The smallest absolute Gasteiger partial charge is 0.304 e. The molecule has 0 atom stereocenters. The van der Waals surface area contributed by atoms with Gasteiger partial charge in [-0.15, -0.1) is 0 Å². The van der Waals surface area contributed by atoms with Crippen LogP contribution in [0.25, 0.3) is 0 Å². The standard InChI is InChI=1S/C19H17ClF5N3O2/c1-18(2,3)28(27-17(30)26-15-5-4-13(21)9-14(15)22)16(29)10-6-11(19(23,24)25)8-12(20)7-10/h4-9H,1-3H3,(H2,26,27,30). The number of halogens is 6. The Kier molecular flexibility index (Phi) is 6.60. The molecule has 0 unspecified atom stereocenters. The maximum Gasteiger partial charge on any atom is 0.416 e. The summed E-state index contributed by atoms with van der Waals surface area (Å²) in [5, 5.41) is 2.56. The highest BCUT2D eigenvalue weighted by atomic mass is 35.5. The number of alkyl halides is 3. The number of anilines is 1. The van der Waals surface area contributed by atoms with E-state index in [9.17, 15) is 31.5 Å². The van der Waals surface area contributed by atoms with Crippen LogP contribution in [0.2, 0.25) is 5.02 Å². The summed E-state index contributed by atoms with van der Waals surface area (Å²) in [6.07, 6.45) is -4.74. The highest BCUT2D eigenvalue weighted by Crippen LogP contribution is 2.32. The first-order chi connectivity index (χ1) is 13.7. The second kappa shape index (κ2) is 8.47. The van der Waals surface area contributed by atoms with Crippen LogP contribution in [0.5, 0.6) is 0 Å². The molecule has 0 bridgehead atoms. The van der Waals surface area contributed by atoms with Crippen molar-refractivity contribution in [3.05, 3.63) is 64.2 Å². The Hall–Kier alpha value is -2.88. The molecule has 2 aromatic carbocycles. The fourth-order valence-electron chi connectivity index (χ4n) is 2.37. The predicted octanol–water partition coefficient (Wildman–Crippen LogP) is 5.61. The molecule has 0 aliphatic carbocycles. The Bertz CT molecular complexity index is 974. The van der Waals surface area contributed by atoms with Crippen molar-refractivity contribution in [2.24, 2.45) is 0 Å². The number of carbonyl (C=O) groups is 2. The van der Waals surface area contributed by atoms with Gasteiger partial charge in [0.05, 0.1) is 16.8 Å². The molecule has 0 aliphatic heterocycles. The Labute approximate surface area is 173 Å². The number of nitrogens with one attached hydrogen (secondary N) is 2. The molecule has 162 valence electrons. The molecule has 0 spiro atoms. The van der Waals surface area contributed by atoms with Crippen LogP contribution in [0.15, 0.2) is 36.4 Å². The average Bonchev–Trinajstić information content (AvgIpc) is 2.59. The van der Waals surface area contributed by atoms with Gasteiger partial charge in [-0.05, 0) is 51.1 Å². The van der Waals surface area contributed by atoms with Crippen molar-refractivity contribution in [3.8, 4) is 0 Å². The minimum atomic E-state index is -4.74. The number of amides is 3. The van der Waals surface area contributed by atoms with Gasteiger partial charge in [0, 0.05) is 16.7 Å². The van der Waals surface area contributed by atoms with Gasteiger partial charge in [-0.1, -0.05) is 11.6 Å². The maximum absolute atomic E-state index is 13.7. The third-order valence-electron chi connectivity index (χ3n) is 3.74. The van der Waals surface area contributed by atoms with Crippen molar-refractivity contribution >= 4 is 29.2 Å². The van der Waals surface area contributed by atoms with E-state index in [1.807, 2.05) is 0 Å². The van der Waals surface area contributed by atoms with Crippen molar-refractivity contribution in [2.45, 2.75) is 32.5 Å². The lowest BCUT2D eigenvalue weighted by molar-refractivity contribution is -0.137. The van der Waals surface area contributed by atoms with Gasteiger partial charge in [0.25, 0.3) is 5.91 Å². The molecule has 0 saturated carbocycles. The number of hydrazine groups is 1. The van der Waals surface area contributed by atoms with Crippen LogP contribution in [0.4, 0.5) is 32.4 Å². The van der Waals surface area contributed by atoms with E-state index in [4.69, 9.17) is 11.6 Å². The van der Waals surface area contributed by atoms with E-state index in [0.717, 1.165) is 23.2 Å². The predicted molar refractivity (Wildman–Crippen MR) is 101 cm³/mol. The van der Waals surface area contributed by atoms with Gasteiger partial charge in [-0.2, -0.15) is 13.2 Å². The van der Waals surface area contributed by atoms with E-state index >= 15 is 0 Å². The highest BCUT2D eigenvalue weighted by molar-refractivity contribution is 6.31. The fraction of sp³-hybridized carbons (Fsp3) is 0.263. The highest BCUT2D eigenvalue weighted by Gasteiger charge is 2.34. The lowest BCUT2D eigenvalue weighted by Crippen LogP contribution is -2.56. The lowest BCUT2D eigenvalue weighted by Gasteiger charge is -2.35. The van der Waals surface area contributed by atoms with Crippen LogP contribution in [-0.2, 0) is 6.18 Å². The van der Waals surface area contributed by atoms with E-state index < -0.39 is 46.4 Å². The van der Waals surface area contributed by atoms with Gasteiger partial charge in [0.1, 0.15) is 11.6 Å². The van der Waals surface area contributed by atoms with Crippen molar-refractivity contribution in [1.29, 1.82) is 0 Å². The second-order valence-corrected chi connectivity index (χ2v) is 7.66. The van der Waals surface area contributed by atoms with Gasteiger partial charge >= 0.3 is 12.2 Å². The summed E-state index contributed by atoms with van der Waals surface area (Å²) >= 11 is 5.72. The van der Waals surface area contributed by atoms with E-state index in [0.29, 0.717) is 18.2 Å². The normalized spacial score (nSPS) is 11.8. The quantitative estimate of drug-likeness (QED) is 0.462. The van der Waals surface area contributed by atoms with Gasteiger partial charge in [0.15, 0.2) is 0 Å². The van der Waals surface area contributed by atoms with Gasteiger partial charge in [-0.25, -0.2) is 24.0 Å². The molecule has 0 radical (unpaired) electrons. The maximum atomic E-state index is 13.7. The zero-order valence-electron chi connectivity index (χ0n) is 16.0. The van der Waals surface area contributed by atoms with Crippen molar-refractivity contribution < 1.29 is 31.5 Å². The third-order valence-corrected chi connectivity index (χ3v) is 3.96. The molecule has 0 heterocycles. The number of benzene rings is 2. The Morgan fingerprint density at radius 2 is 1.63 bits per heavy atom. The van der Waals surface area contributed by atoms with E-state index in [1.54, 1.807) is 0 Å². The molecule has 0 saturated heterocycles. The minimum absolute atomic E-state index is 0.320. The summed E-state index contributed by atoms with van der Waals surface area (Å²) in [6, 6.07) is 3.66. The molecule has 3 amide bonds. The summed E-state index contributed by atoms with van der Waals surface area (Å²) < 4.78 is 65.8. The fourth-order valence-corrected chi connectivity index (χ4v) is 2.61. The largest absolute Gasteiger partial charge is 0.416 e. The molecule has 11 heteroatoms. The topological polar surface area (TPSA) is 61.4 Å². The van der Waals surface area contributed by atoms with Gasteiger partial charge in [-0.3, -0.25) is 4.79 Å². The molecule has 2 aromatic rings. The third kappa shape index (κ3) is 5.82. The Morgan fingerprint density at radius 3 is 2.17 bits per heavy atom. The van der Waals surface area contributed by atoms with Gasteiger partial charge < -0.3 is 5.32 Å². The first kappa shape index (κ1) is 23.4. The number of nitrogens with zero attached hydrogens (tertiary/aromatic N) is 1. The molecule has 0 aliphatic rings. The zero-order valence-corrected chi connectivity index (χ0v) is 16.8. The van der Waals surface area contributed by atoms with Crippen molar-refractivity contribution in [1.82, 2.24) is 10.4 Å². The number of hydrogen-bond acceptors (Lipinski definition) is 2. The zero-order chi connectivity index (χ0) is 22.9. The molecule has 2 N–H and O–H groups in total. The van der Waals surface area contributed by atoms with Crippen molar-refractivity contribution in [3.63, 3.8) is 0 Å². The van der Waals surface area contributed by atoms with Crippen LogP contribution in [-0.4, -0.2) is 22.5 Å². The van der Waals surface area contributed by atoms with E-state index in [-0.39, 0.29) is 10.7 Å². The average molecular weight is 450 g/mol. The molecule has 0 fully saturated rings. The summed E-state index contributed by atoms with van der Waals surface area (Å²) in [5.74, 6) is -2.89. The summed E-state index contributed by atoms with van der Waals surface area (Å²) in [4.78, 5) is 25.1. The molecule has 5 nitrogen and oxygen atoms in total. The molecular formula is C19H17ClF5N3O2. The molecule has 0 aromatic heterocycles. The lowest BCUT2D eigenvalue weighted by atomic mass is 10.0. The SMILES string of the molecule is CC(C)(C)N(NC(=O)Nc1ccc(F)cc1F)C(=O)c1cc(Cl)cc(C(F)(F)F)c1. The van der Waals surface area contributed by atoms with Crippen molar-refractivity contribution in [2.75, 3.05) is 5.32 Å². The van der Waals surface area contributed by atoms with Crippen LogP contribution >= 0.6 is 11.6 Å². The second-order valence-electron chi connectivity index (χ2n) is 7.23. The van der Waals surface area contributed by atoms with Crippen LogP contribution < -0.4 is 10.7 Å². The summed E-state index contributed by atoms with van der Waals surface area (Å²) in [5.41, 5.74) is -0.831. The van der Waals surface area contributed by atoms with Crippen LogP contribution in [0.3, 0.4) is 0 Å². The molecular weight excluding hydrogens is 433 g/mol. The number of hydrogen-bond donors (Lipinski definition) is 2. The Morgan fingerprint density at radius 1 is 1.00 bits per heavy atom. The first-order valence-electron chi connectivity index (χ1n) is 8.43. The first-order valence-corrected chi connectivity index (χ1v) is 8.81. The Balaban J connectivity index is 2.31. The van der Waals surface area contributed by atoms with E-state index in [2.05, 4.69) is 10.7 Å². The van der Waals surface area contributed by atoms with Gasteiger partial charge in [0.2, 0.25) is 0 Å². The van der Waals surface area contributed by atoms with Crippen LogP contribution in [0, 0.1) is 11.6 Å². The molecule has 2 rings (SSSR count). The monoisotopic (exact) mass is 449 g/mol. The summed E-state index contributed by atoms with van der Waals surface area (Å²) in [6.45, 7) is 4.54. The van der Waals surface area contributed by atoms with Crippen LogP contribution in [0.1, 0.15) is 36.7 Å². The minimum Gasteiger partial charge on any atom is -0.304 e. The number of carbonyl (C=O) groups excluding carboxylic acids is 2. The van der Waals surface area contributed by atoms with E-state index in [1.165, 1.54) is 20.8 Å². The number of urea groups is 1.